The second-order valence-electron chi connectivity index (χ2n) is 13.5. The van der Waals surface area contributed by atoms with E-state index < -0.39 is 0 Å². The zero-order valence-corrected chi connectivity index (χ0v) is 28.2. The maximum Gasteiger partial charge on any atom is 0.212 e. The molecule has 3 heterocycles. The number of furan rings is 1. The monoisotopic (exact) mass is 674 g/mol. The van der Waals surface area contributed by atoms with Gasteiger partial charge in [-0.3, -0.25) is 0 Å². The number of hydrogen-bond donors (Lipinski definition) is 0. The highest BCUT2D eigenvalue weighted by Crippen LogP contribution is 2.44. The average molecular weight is 675 g/mol. The van der Waals surface area contributed by atoms with Crippen LogP contribution in [0.5, 0.6) is 0 Å². The molecule has 0 saturated heterocycles. The molecule has 0 unspecified atom stereocenters. The number of hydrogen-bond acceptors (Lipinski definition) is 2. The summed E-state index contributed by atoms with van der Waals surface area (Å²) in [7, 11) is 0. The normalized spacial score (nSPS) is 11.7. The Morgan fingerprint density at radius 1 is 0.528 bits per heavy atom. The summed E-state index contributed by atoms with van der Waals surface area (Å²) in [5.74, 6) is 0. The smallest absolute Gasteiger partial charge is 0.212 e. The van der Waals surface area contributed by atoms with Crippen molar-refractivity contribution >= 4 is 82.0 Å². The second kappa shape index (κ2) is 10.9. The summed E-state index contributed by atoms with van der Waals surface area (Å²) in [6.45, 7) is 8.56. The predicted molar refractivity (Wildman–Crippen MR) is 216 cm³/mol. The lowest BCUT2D eigenvalue weighted by Gasteiger charge is -2.16. The molecule has 0 spiro atoms. The fraction of sp³-hybridized carbons (Fsp3) is 0. The van der Waals surface area contributed by atoms with E-state index in [1.165, 1.54) is 0 Å². The van der Waals surface area contributed by atoms with Gasteiger partial charge in [0.25, 0.3) is 0 Å². The topological polar surface area (TPSA) is 51.1 Å². The number of fused-ring (bicyclic) bond motifs is 12. The zero-order chi connectivity index (χ0) is 35.2. The molecular formula is C48H26N4O. The summed E-state index contributed by atoms with van der Waals surface area (Å²) in [6, 6.07) is 56.5. The first-order chi connectivity index (χ1) is 26.2. The van der Waals surface area contributed by atoms with Gasteiger partial charge < -0.3 is 13.6 Å². The highest BCUT2D eigenvalue weighted by molar-refractivity contribution is 6.23. The second-order valence-corrected chi connectivity index (χ2v) is 13.5. The Morgan fingerprint density at radius 3 is 2.09 bits per heavy atom. The Kier molecular flexibility index (Phi) is 6.02. The number of aromatic nitrogens is 2. The first-order valence-electron chi connectivity index (χ1n) is 17.5. The first-order valence-corrected chi connectivity index (χ1v) is 17.5. The van der Waals surface area contributed by atoms with Crippen LogP contribution in [0.2, 0.25) is 0 Å². The average Bonchev–Trinajstić information content (AvgIpc) is 3.88. The van der Waals surface area contributed by atoms with E-state index in [4.69, 9.17) is 11.0 Å². The van der Waals surface area contributed by atoms with Crippen molar-refractivity contribution in [2.24, 2.45) is 0 Å². The van der Waals surface area contributed by atoms with Gasteiger partial charge >= 0.3 is 0 Å². The highest BCUT2D eigenvalue weighted by atomic mass is 16.3. The van der Waals surface area contributed by atoms with E-state index in [0.717, 1.165) is 87.4 Å². The molecule has 0 bridgehead atoms. The molecule has 5 nitrogen and oxygen atoms in total. The Hall–Kier alpha value is -7.60. The largest absolute Gasteiger partial charge is 0.454 e. The summed E-state index contributed by atoms with van der Waals surface area (Å²) in [5, 5.41) is 19.5. The van der Waals surface area contributed by atoms with Gasteiger partial charge in [-0.15, -0.1) is 0 Å². The van der Waals surface area contributed by atoms with E-state index in [1.54, 1.807) is 0 Å². The van der Waals surface area contributed by atoms with E-state index in [1.807, 2.05) is 48.5 Å². The SMILES string of the molecule is [C-]#[N+]c1cc(-n2c3ccc(-c4ccccc4)cc3c3c4ccccc4ccc32)c(C#N)cc1-n1c2ccccc2c2ccc3c4ccccc4oc3c21. The van der Waals surface area contributed by atoms with Gasteiger partial charge in [0.1, 0.15) is 11.7 Å². The van der Waals surface area contributed by atoms with E-state index >= 15 is 0 Å². The van der Waals surface area contributed by atoms with Crippen molar-refractivity contribution in [3.8, 4) is 28.6 Å². The van der Waals surface area contributed by atoms with Crippen LogP contribution in [0.1, 0.15) is 5.56 Å². The van der Waals surface area contributed by atoms with Crippen molar-refractivity contribution in [2.45, 2.75) is 0 Å². The van der Waals surface area contributed by atoms with Crippen LogP contribution in [0.15, 0.2) is 162 Å². The van der Waals surface area contributed by atoms with Crippen molar-refractivity contribution in [3.63, 3.8) is 0 Å². The van der Waals surface area contributed by atoms with Crippen molar-refractivity contribution in [2.75, 3.05) is 0 Å². The van der Waals surface area contributed by atoms with Gasteiger partial charge in [-0.1, -0.05) is 109 Å². The molecule has 0 atom stereocenters. The maximum atomic E-state index is 10.9. The predicted octanol–water partition coefficient (Wildman–Crippen LogP) is 13.0. The van der Waals surface area contributed by atoms with Crippen LogP contribution in [0, 0.1) is 17.9 Å². The van der Waals surface area contributed by atoms with Crippen LogP contribution in [-0.2, 0) is 0 Å². The summed E-state index contributed by atoms with van der Waals surface area (Å²) in [5.41, 5.74) is 9.77. The molecule has 53 heavy (non-hydrogen) atoms. The molecule has 0 aliphatic rings. The van der Waals surface area contributed by atoms with Gasteiger partial charge in [-0.05, 0) is 70.4 Å². The third-order valence-electron chi connectivity index (χ3n) is 10.8. The van der Waals surface area contributed by atoms with E-state index in [9.17, 15) is 5.26 Å². The molecular weight excluding hydrogens is 649 g/mol. The molecule has 0 aliphatic heterocycles. The van der Waals surface area contributed by atoms with E-state index in [0.29, 0.717) is 22.6 Å². The van der Waals surface area contributed by atoms with Gasteiger partial charge in [0.15, 0.2) is 5.58 Å². The molecule has 11 aromatic rings. The number of rotatable bonds is 3. The van der Waals surface area contributed by atoms with Crippen molar-refractivity contribution in [1.82, 2.24) is 9.13 Å². The maximum absolute atomic E-state index is 10.9. The van der Waals surface area contributed by atoms with Crippen LogP contribution in [0.25, 0.3) is 104 Å². The minimum Gasteiger partial charge on any atom is -0.454 e. The van der Waals surface area contributed by atoms with Crippen LogP contribution >= 0.6 is 0 Å². The van der Waals surface area contributed by atoms with Crippen molar-refractivity contribution < 1.29 is 4.42 Å². The quantitative estimate of drug-likeness (QED) is 0.175. The Bertz CT molecular complexity index is 3420. The molecule has 8 aromatic carbocycles. The standard InChI is InChI=1S/C48H26N4O/c1-50-39-27-43(51-41-23-20-31(29-11-3-2-4-12-29)25-38(41)46-33-14-6-5-13-30(33)19-24-42(46)51)32(28-49)26-44(39)52-40-17-9-7-15-34(40)36-21-22-37-35-16-8-10-18-45(35)53-48(37)47(36)52/h2-27H. The summed E-state index contributed by atoms with van der Waals surface area (Å²) < 4.78 is 10.8. The minimum atomic E-state index is 0.437. The Morgan fingerprint density at radius 2 is 1.25 bits per heavy atom. The van der Waals surface area contributed by atoms with Crippen molar-refractivity contribution in [3.05, 3.63) is 175 Å². The Balaban J connectivity index is 1.24. The first kappa shape index (κ1) is 29.2. The molecule has 0 radical (unpaired) electrons. The number of benzene rings is 8. The van der Waals surface area contributed by atoms with Gasteiger partial charge in [0.2, 0.25) is 5.69 Å². The fourth-order valence-electron chi connectivity index (χ4n) is 8.45. The number of nitrogens with zero attached hydrogens (tertiary/aromatic N) is 4. The van der Waals surface area contributed by atoms with Crippen LogP contribution in [-0.4, -0.2) is 9.13 Å². The molecule has 0 N–H and O–H groups in total. The summed E-state index contributed by atoms with van der Waals surface area (Å²) in [4.78, 5) is 4.15. The number of para-hydroxylation sites is 2. The van der Waals surface area contributed by atoms with Gasteiger partial charge in [-0.2, -0.15) is 5.26 Å². The molecule has 0 amide bonds. The Labute approximate surface area is 303 Å². The zero-order valence-electron chi connectivity index (χ0n) is 28.2. The lowest BCUT2D eigenvalue weighted by Crippen LogP contribution is -2.01. The minimum absolute atomic E-state index is 0.437. The molecule has 0 aliphatic carbocycles. The lowest BCUT2D eigenvalue weighted by atomic mass is 10.0. The van der Waals surface area contributed by atoms with E-state index in [-0.39, 0.29) is 0 Å². The molecule has 244 valence electrons. The molecule has 3 aromatic heterocycles. The molecule has 11 rings (SSSR count). The lowest BCUT2D eigenvalue weighted by molar-refractivity contribution is 0.671. The fourth-order valence-corrected chi connectivity index (χ4v) is 8.45. The van der Waals surface area contributed by atoms with Gasteiger partial charge in [-0.25, -0.2) is 4.85 Å². The third kappa shape index (κ3) is 4.05. The van der Waals surface area contributed by atoms with Crippen LogP contribution in [0.4, 0.5) is 5.69 Å². The van der Waals surface area contributed by atoms with Crippen LogP contribution in [0.3, 0.4) is 0 Å². The number of nitriles is 1. The van der Waals surface area contributed by atoms with Crippen LogP contribution < -0.4 is 0 Å². The molecule has 5 heteroatoms. The molecule has 0 saturated carbocycles. The van der Waals surface area contributed by atoms with Gasteiger partial charge in [0.05, 0.1) is 45.6 Å². The summed E-state index contributed by atoms with van der Waals surface area (Å²) >= 11 is 0. The third-order valence-corrected chi connectivity index (χ3v) is 10.8. The molecule has 0 fully saturated rings. The summed E-state index contributed by atoms with van der Waals surface area (Å²) in [6.07, 6.45) is 0. The van der Waals surface area contributed by atoms with E-state index in [2.05, 4.69) is 129 Å². The van der Waals surface area contributed by atoms with Gasteiger partial charge in [0, 0.05) is 32.3 Å². The van der Waals surface area contributed by atoms with Crippen molar-refractivity contribution in [1.29, 1.82) is 5.26 Å². The highest BCUT2D eigenvalue weighted by Gasteiger charge is 2.24.